The number of rotatable bonds is 2. The van der Waals surface area contributed by atoms with Crippen molar-refractivity contribution in [3.8, 4) is 5.69 Å². The molecule has 0 unspecified atom stereocenters. The molecule has 0 saturated carbocycles. The molecule has 1 heterocycles. The van der Waals surface area contributed by atoms with Crippen molar-refractivity contribution in [3.63, 3.8) is 0 Å². The van der Waals surface area contributed by atoms with Gasteiger partial charge in [0.05, 0.1) is 5.69 Å². The van der Waals surface area contributed by atoms with E-state index in [0.717, 1.165) is 17.7 Å². The molecular weight excluding hydrogens is 186 g/mol. The lowest BCUT2D eigenvalue weighted by Gasteiger charge is -2.06. The number of aromatic nitrogens is 2. The molecule has 1 aromatic carbocycles. The molecule has 0 spiro atoms. The lowest BCUT2D eigenvalue weighted by molar-refractivity contribution is 0.867. The van der Waals surface area contributed by atoms with E-state index < -0.39 is 0 Å². The highest BCUT2D eigenvalue weighted by Gasteiger charge is 2.05. The summed E-state index contributed by atoms with van der Waals surface area (Å²) in [5.74, 6) is 0.598. The van der Waals surface area contributed by atoms with Crippen LogP contribution < -0.4 is 5.73 Å². The van der Waals surface area contributed by atoms with Crippen LogP contribution in [0.1, 0.15) is 18.1 Å². The summed E-state index contributed by atoms with van der Waals surface area (Å²) < 4.78 is 1.85. The zero-order valence-corrected chi connectivity index (χ0v) is 9.07. The molecule has 0 saturated heterocycles. The first-order valence-electron chi connectivity index (χ1n) is 5.12. The van der Waals surface area contributed by atoms with E-state index in [2.05, 4.69) is 24.2 Å². The Hall–Kier alpha value is -1.77. The lowest BCUT2D eigenvalue weighted by atomic mass is 10.1. The summed E-state index contributed by atoms with van der Waals surface area (Å²) in [6.45, 7) is 4.10. The second-order valence-electron chi connectivity index (χ2n) is 3.62. The van der Waals surface area contributed by atoms with Crippen molar-refractivity contribution in [1.29, 1.82) is 0 Å². The van der Waals surface area contributed by atoms with E-state index in [4.69, 9.17) is 5.73 Å². The second kappa shape index (κ2) is 3.77. The molecule has 0 aliphatic carbocycles. The number of nitrogens with two attached hydrogens (primary N) is 1. The van der Waals surface area contributed by atoms with Gasteiger partial charge in [-0.15, -0.1) is 0 Å². The van der Waals surface area contributed by atoms with E-state index in [-0.39, 0.29) is 0 Å². The highest BCUT2D eigenvalue weighted by molar-refractivity contribution is 5.44. The lowest BCUT2D eigenvalue weighted by Crippen LogP contribution is -2.00. The Bertz CT molecular complexity index is 452. The molecule has 0 fully saturated rings. The van der Waals surface area contributed by atoms with Gasteiger partial charge in [-0.25, -0.2) is 4.68 Å². The Balaban J connectivity index is 2.53. The van der Waals surface area contributed by atoms with Crippen LogP contribution in [0.15, 0.2) is 30.5 Å². The average Bonchev–Trinajstić information content (AvgIpc) is 2.59. The maximum atomic E-state index is 5.74. The van der Waals surface area contributed by atoms with E-state index in [1.165, 1.54) is 5.56 Å². The quantitative estimate of drug-likeness (QED) is 0.810. The first kappa shape index (κ1) is 9.77. The number of anilines is 1. The highest BCUT2D eigenvalue weighted by Crippen LogP contribution is 2.17. The van der Waals surface area contributed by atoms with Crippen molar-refractivity contribution < 1.29 is 0 Å². The normalized spacial score (nSPS) is 10.5. The van der Waals surface area contributed by atoms with Crippen molar-refractivity contribution in [2.45, 2.75) is 20.3 Å². The zero-order chi connectivity index (χ0) is 10.8. The Morgan fingerprint density at radius 3 is 2.67 bits per heavy atom. The first-order valence-corrected chi connectivity index (χ1v) is 5.12. The number of para-hydroxylation sites is 1. The van der Waals surface area contributed by atoms with Crippen LogP contribution in [-0.4, -0.2) is 9.78 Å². The van der Waals surface area contributed by atoms with Crippen LogP contribution in [0.4, 0.5) is 5.82 Å². The number of nitrogen functional groups attached to an aromatic ring is 1. The van der Waals surface area contributed by atoms with Crippen LogP contribution in [0.5, 0.6) is 0 Å². The predicted octanol–water partition coefficient (Wildman–Crippen LogP) is 2.33. The van der Waals surface area contributed by atoms with Crippen molar-refractivity contribution in [1.82, 2.24) is 9.78 Å². The molecule has 0 bridgehead atoms. The molecule has 0 amide bonds. The summed E-state index contributed by atoms with van der Waals surface area (Å²) in [7, 11) is 0. The minimum Gasteiger partial charge on any atom is -0.382 e. The van der Waals surface area contributed by atoms with Gasteiger partial charge >= 0.3 is 0 Å². The molecule has 2 aromatic rings. The number of benzene rings is 1. The van der Waals surface area contributed by atoms with Crippen LogP contribution in [0.2, 0.25) is 0 Å². The summed E-state index contributed by atoms with van der Waals surface area (Å²) in [5, 5.41) is 4.28. The van der Waals surface area contributed by atoms with Crippen LogP contribution in [0.25, 0.3) is 5.69 Å². The van der Waals surface area contributed by atoms with Crippen LogP contribution >= 0.6 is 0 Å². The summed E-state index contributed by atoms with van der Waals surface area (Å²) in [6.07, 6.45) is 2.96. The molecule has 0 atom stereocenters. The molecule has 3 heteroatoms. The molecule has 2 N–H and O–H groups in total. The topological polar surface area (TPSA) is 43.8 Å². The molecule has 0 radical (unpaired) electrons. The van der Waals surface area contributed by atoms with Gasteiger partial charge in [-0.2, -0.15) is 5.10 Å². The number of hydrogen-bond donors (Lipinski definition) is 1. The molecule has 15 heavy (non-hydrogen) atoms. The minimum absolute atomic E-state index is 0.598. The standard InChI is InChI=1S/C12H15N3/c1-3-10-6-4-5-7-11(10)15-8-9(2)12(13)14-15/h4-8H,3H2,1-2H3,(H2,13,14). The zero-order valence-electron chi connectivity index (χ0n) is 9.07. The number of hydrogen-bond acceptors (Lipinski definition) is 2. The SMILES string of the molecule is CCc1ccccc1-n1cc(C)c(N)n1. The van der Waals surface area contributed by atoms with Crippen molar-refractivity contribution >= 4 is 5.82 Å². The van der Waals surface area contributed by atoms with Crippen molar-refractivity contribution in [2.75, 3.05) is 5.73 Å². The third kappa shape index (κ3) is 1.73. The molecule has 3 nitrogen and oxygen atoms in total. The van der Waals surface area contributed by atoms with Gasteiger partial charge in [-0.1, -0.05) is 25.1 Å². The fourth-order valence-electron chi connectivity index (χ4n) is 1.63. The van der Waals surface area contributed by atoms with Gasteiger partial charge in [-0.05, 0) is 25.0 Å². The number of nitrogens with zero attached hydrogens (tertiary/aromatic N) is 2. The Morgan fingerprint density at radius 2 is 2.07 bits per heavy atom. The minimum atomic E-state index is 0.598. The fraction of sp³-hybridized carbons (Fsp3) is 0.250. The van der Waals surface area contributed by atoms with Gasteiger partial charge in [0.2, 0.25) is 0 Å². The smallest absolute Gasteiger partial charge is 0.148 e. The largest absolute Gasteiger partial charge is 0.382 e. The molecule has 78 valence electrons. The Morgan fingerprint density at radius 1 is 1.33 bits per heavy atom. The van der Waals surface area contributed by atoms with Gasteiger partial charge < -0.3 is 5.73 Å². The van der Waals surface area contributed by atoms with Gasteiger partial charge in [0.15, 0.2) is 0 Å². The average molecular weight is 201 g/mol. The van der Waals surface area contributed by atoms with E-state index in [1.54, 1.807) is 0 Å². The molecule has 1 aromatic heterocycles. The molecule has 2 rings (SSSR count). The third-order valence-corrected chi connectivity index (χ3v) is 2.55. The van der Waals surface area contributed by atoms with Gasteiger partial charge in [-0.3, -0.25) is 0 Å². The summed E-state index contributed by atoms with van der Waals surface area (Å²) >= 11 is 0. The van der Waals surface area contributed by atoms with Crippen LogP contribution in [0.3, 0.4) is 0 Å². The first-order chi connectivity index (χ1) is 7.22. The summed E-state index contributed by atoms with van der Waals surface area (Å²) in [6, 6.07) is 8.23. The molecular formula is C12H15N3. The Kier molecular flexibility index (Phi) is 2.46. The van der Waals surface area contributed by atoms with Gasteiger partial charge in [0.25, 0.3) is 0 Å². The highest BCUT2D eigenvalue weighted by atomic mass is 15.3. The van der Waals surface area contributed by atoms with Crippen molar-refractivity contribution in [3.05, 3.63) is 41.6 Å². The van der Waals surface area contributed by atoms with E-state index in [0.29, 0.717) is 5.82 Å². The molecule has 0 aliphatic heterocycles. The van der Waals surface area contributed by atoms with E-state index >= 15 is 0 Å². The van der Waals surface area contributed by atoms with Crippen molar-refractivity contribution in [2.24, 2.45) is 0 Å². The Labute approximate surface area is 89.5 Å². The van der Waals surface area contributed by atoms with Gasteiger partial charge in [0, 0.05) is 11.8 Å². The monoisotopic (exact) mass is 201 g/mol. The third-order valence-electron chi connectivity index (χ3n) is 2.55. The van der Waals surface area contributed by atoms with Crippen LogP contribution in [-0.2, 0) is 6.42 Å². The summed E-state index contributed by atoms with van der Waals surface area (Å²) in [5.41, 5.74) is 9.14. The maximum Gasteiger partial charge on any atom is 0.148 e. The fourth-order valence-corrected chi connectivity index (χ4v) is 1.63. The predicted molar refractivity (Wildman–Crippen MR) is 62.1 cm³/mol. The van der Waals surface area contributed by atoms with Gasteiger partial charge in [0.1, 0.15) is 5.82 Å². The number of aryl methyl sites for hydroxylation is 2. The van der Waals surface area contributed by atoms with Crippen LogP contribution in [0, 0.1) is 6.92 Å². The maximum absolute atomic E-state index is 5.74. The second-order valence-corrected chi connectivity index (χ2v) is 3.62. The van der Waals surface area contributed by atoms with E-state index in [1.807, 2.05) is 29.9 Å². The van der Waals surface area contributed by atoms with E-state index in [9.17, 15) is 0 Å². The summed E-state index contributed by atoms with van der Waals surface area (Å²) in [4.78, 5) is 0. The molecule has 0 aliphatic rings.